The van der Waals surface area contributed by atoms with Gasteiger partial charge < -0.3 is 23.5 Å². The van der Waals surface area contributed by atoms with Crippen molar-refractivity contribution in [3.63, 3.8) is 0 Å². The minimum atomic E-state index is -0.600. The minimum absolute atomic E-state index is 0.249. The number of methoxy groups -OCH3 is 3. The SMILES string of the molecule is COCCn1c(C)cc(C(=O)COC(=O)c2ccc(OC)c(OC)c2)c1C. The fourth-order valence-corrected chi connectivity index (χ4v) is 2.87. The van der Waals surface area contributed by atoms with Gasteiger partial charge in [-0.25, -0.2) is 4.79 Å². The maximum Gasteiger partial charge on any atom is 0.338 e. The molecule has 0 saturated carbocycles. The first-order chi connectivity index (χ1) is 12.9. The number of nitrogens with zero attached hydrogens (tertiary/aromatic N) is 1. The number of aryl methyl sites for hydroxylation is 1. The van der Waals surface area contributed by atoms with Gasteiger partial charge in [0.15, 0.2) is 18.1 Å². The van der Waals surface area contributed by atoms with Crippen molar-refractivity contribution in [3.8, 4) is 11.5 Å². The topological polar surface area (TPSA) is 76.0 Å². The third kappa shape index (κ3) is 4.68. The number of ketones is 1. The van der Waals surface area contributed by atoms with Gasteiger partial charge in [0.1, 0.15) is 0 Å². The van der Waals surface area contributed by atoms with Crippen LogP contribution in [0.5, 0.6) is 11.5 Å². The maximum absolute atomic E-state index is 12.5. The normalized spacial score (nSPS) is 10.6. The summed E-state index contributed by atoms with van der Waals surface area (Å²) in [4.78, 5) is 24.8. The summed E-state index contributed by atoms with van der Waals surface area (Å²) >= 11 is 0. The molecule has 0 saturated heterocycles. The largest absolute Gasteiger partial charge is 0.493 e. The molecule has 1 aromatic carbocycles. The van der Waals surface area contributed by atoms with Crippen LogP contribution in [0.2, 0.25) is 0 Å². The molecule has 27 heavy (non-hydrogen) atoms. The average Bonchev–Trinajstić information content (AvgIpc) is 2.97. The number of ether oxygens (including phenoxy) is 4. The zero-order valence-electron chi connectivity index (χ0n) is 16.3. The molecule has 0 radical (unpaired) electrons. The summed E-state index contributed by atoms with van der Waals surface area (Å²) in [7, 11) is 4.63. The van der Waals surface area contributed by atoms with E-state index in [1.165, 1.54) is 20.3 Å². The van der Waals surface area contributed by atoms with Gasteiger partial charge in [0, 0.05) is 30.6 Å². The van der Waals surface area contributed by atoms with E-state index in [4.69, 9.17) is 18.9 Å². The fraction of sp³-hybridized carbons (Fsp3) is 0.400. The maximum atomic E-state index is 12.5. The smallest absolute Gasteiger partial charge is 0.338 e. The molecule has 0 aliphatic heterocycles. The number of rotatable bonds is 9. The lowest BCUT2D eigenvalue weighted by Gasteiger charge is -2.10. The van der Waals surface area contributed by atoms with Gasteiger partial charge in [0.25, 0.3) is 0 Å². The van der Waals surface area contributed by atoms with Gasteiger partial charge in [-0.3, -0.25) is 4.79 Å². The van der Waals surface area contributed by atoms with Crippen LogP contribution in [0.4, 0.5) is 0 Å². The second-order valence-electron chi connectivity index (χ2n) is 6.00. The van der Waals surface area contributed by atoms with Crippen molar-refractivity contribution in [1.29, 1.82) is 0 Å². The van der Waals surface area contributed by atoms with Crippen molar-refractivity contribution in [1.82, 2.24) is 4.57 Å². The van der Waals surface area contributed by atoms with Gasteiger partial charge in [-0.05, 0) is 38.1 Å². The van der Waals surface area contributed by atoms with Gasteiger partial charge in [-0.1, -0.05) is 0 Å². The summed E-state index contributed by atoms with van der Waals surface area (Å²) in [6.07, 6.45) is 0. The first kappa shape index (κ1) is 20.5. The van der Waals surface area contributed by atoms with Crippen molar-refractivity contribution in [2.75, 3.05) is 34.5 Å². The fourth-order valence-electron chi connectivity index (χ4n) is 2.87. The van der Waals surface area contributed by atoms with E-state index in [1.807, 2.05) is 18.4 Å². The third-order valence-electron chi connectivity index (χ3n) is 4.35. The quantitative estimate of drug-likeness (QED) is 0.496. The molecule has 0 amide bonds. The molecule has 0 atom stereocenters. The Morgan fingerprint density at radius 2 is 1.70 bits per heavy atom. The highest BCUT2D eigenvalue weighted by Crippen LogP contribution is 2.27. The highest BCUT2D eigenvalue weighted by Gasteiger charge is 2.18. The number of aromatic nitrogens is 1. The zero-order chi connectivity index (χ0) is 20.0. The van der Waals surface area contributed by atoms with E-state index < -0.39 is 5.97 Å². The van der Waals surface area contributed by atoms with Crippen molar-refractivity contribution >= 4 is 11.8 Å². The van der Waals surface area contributed by atoms with E-state index in [2.05, 4.69) is 0 Å². The summed E-state index contributed by atoms with van der Waals surface area (Å²) in [5, 5.41) is 0. The summed E-state index contributed by atoms with van der Waals surface area (Å²) in [6, 6.07) is 6.49. The van der Waals surface area contributed by atoms with Gasteiger partial charge in [-0.15, -0.1) is 0 Å². The zero-order valence-corrected chi connectivity index (χ0v) is 16.3. The Morgan fingerprint density at radius 3 is 2.33 bits per heavy atom. The molecular formula is C20H25NO6. The molecular weight excluding hydrogens is 350 g/mol. The summed E-state index contributed by atoms with van der Waals surface area (Å²) in [5.41, 5.74) is 2.62. The average molecular weight is 375 g/mol. The van der Waals surface area contributed by atoms with Crippen molar-refractivity contribution < 1.29 is 28.5 Å². The molecule has 2 rings (SSSR count). The highest BCUT2D eigenvalue weighted by molar-refractivity contribution is 6.00. The molecule has 0 unspecified atom stereocenters. The second kappa shape index (κ2) is 9.23. The molecule has 146 valence electrons. The van der Waals surface area contributed by atoms with E-state index >= 15 is 0 Å². The molecule has 2 aromatic rings. The number of Topliss-reactive ketones (excluding diaryl/α,β-unsaturated/α-hetero) is 1. The predicted molar refractivity (Wildman–Crippen MR) is 99.9 cm³/mol. The number of benzene rings is 1. The first-order valence-electron chi connectivity index (χ1n) is 8.51. The van der Waals surface area contributed by atoms with Crippen LogP contribution in [-0.4, -0.2) is 50.9 Å². The second-order valence-corrected chi connectivity index (χ2v) is 6.00. The number of carbonyl (C=O) groups is 2. The summed E-state index contributed by atoms with van der Waals surface area (Å²) < 4.78 is 22.6. The van der Waals surface area contributed by atoms with E-state index in [9.17, 15) is 9.59 Å². The number of hydrogen-bond donors (Lipinski definition) is 0. The van der Waals surface area contributed by atoms with Crippen molar-refractivity contribution in [2.45, 2.75) is 20.4 Å². The minimum Gasteiger partial charge on any atom is -0.493 e. The van der Waals surface area contributed by atoms with E-state index in [0.29, 0.717) is 30.2 Å². The van der Waals surface area contributed by atoms with E-state index in [0.717, 1.165) is 11.4 Å². The number of esters is 1. The van der Waals surface area contributed by atoms with Crippen molar-refractivity contribution in [3.05, 3.63) is 46.8 Å². The molecule has 0 aliphatic rings. The Hall–Kier alpha value is -2.80. The van der Waals surface area contributed by atoms with Crippen LogP contribution in [0.15, 0.2) is 24.3 Å². The number of hydrogen-bond acceptors (Lipinski definition) is 6. The monoisotopic (exact) mass is 375 g/mol. The number of carbonyl (C=O) groups excluding carboxylic acids is 2. The lowest BCUT2D eigenvalue weighted by atomic mass is 10.1. The van der Waals surface area contributed by atoms with Gasteiger partial charge in [-0.2, -0.15) is 0 Å². The lowest BCUT2D eigenvalue weighted by Crippen LogP contribution is -2.15. The Labute approximate surface area is 158 Å². The molecule has 7 heteroatoms. The first-order valence-corrected chi connectivity index (χ1v) is 8.51. The summed E-state index contributed by atoms with van der Waals surface area (Å²) in [5.74, 6) is 0.0756. The molecule has 0 bridgehead atoms. The Bertz CT molecular complexity index is 824. The predicted octanol–water partition coefficient (Wildman–Crippen LogP) is 2.81. The highest BCUT2D eigenvalue weighted by atomic mass is 16.5. The van der Waals surface area contributed by atoms with Crippen LogP contribution in [0.1, 0.15) is 32.1 Å². The molecule has 0 spiro atoms. The van der Waals surface area contributed by atoms with Crippen LogP contribution >= 0.6 is 0 Å². The Balaban J connectivity index is 2.06. The molecule has 1 aromatic heterocycles. The molecule has 1 heterocycles. The molecule has 0 aliphatic carbocycles. The van der Waals surface area contributed by atoms with Crippen LogP contribution in [0.25, 0.3) is 0 Å². The van der Waals surface area contributed by atoms with E-state index in [-0.39, 0.29) is 18.0 Å². The molecule has 7 nitrogen and oxygen atoms in total. The summed E-state index contributed by atoms with van der Waals surface area (Å²) in [6.45, 7) is 4.67. The van der Waals surface area contributed by atoms with E-state index in [1.54, 1.807) is 25.3 Å². The third-order valence-corrected chi connectivity index (χ3v) is 4.35. The van der Waals surface area contributed by atoms with Gasteiger partial charge in [0.05, 0.1) is 26.4 Å². The van der Waals surface area contributed by atoms with Crippen LogP contribution in [-0.2, 0) is 16.0 Å². The molecule has 0 N–H and O–H groups in total. The Morgan fingerprint density at radius 1 is 1.00 bits per heavy atom. The van der Waals surface area contributed by atoms with Crippen LogP contribution in [0, 0.1) is 13.8 Å². The van der Waals surface area contributed by atoms with Crippen molar-refractivity contribution in [2.24, 2.45) is 0 Å². The standard InChI is InChI=1S/C20H25NO6/c1-13-10-16(14(2)21(13)8-9-24-3)17(22)12-27-20(23)15-6-7-18(25-4)19(11-15)26-5/h6-7,10-11H,8-9,12H2,1-5H3. The molecule has 0 fully saturated rings. The van der Waals surface area contributed by atoms with Crippen LogP contribution in [0.3, 0.4) is 0 Å². The van der Waals surface area contributed by atoms with Crippen LogP contribution < -0.4 is 9.47 Å². The lowest BCUT2D eigenvalue weighted by molar-refractivity contribution is 0.0474. The Kier molecular flexibility index (Phi) is 7.01. The van der Waals surface area contributed by atoms with Gasteiger partial charge >= 0.3 is 5.97 Å². The van der Waals surface area contributed by atoms with Gasteiger partial charge in [0.2, 0.25) is 5.78 Å².